The number of carbonyl (C=O) groups is 3. The number of amides is 4. The molecular formula is C23H23IN2O5. The van der Waals surface area contributed by atoms with Gasteiger partial charge in [0.1, 0.15) is 5.57 Å². The van der Waals surface area contributed by atoms with Crippen molar-refractivity contribution in [1.82, 2.24) is 5.32 Å². The predicted octanol–water partition coefficient (Wildman–Crippen LogP) is 4.37. The summed E-state index contributed by atoms with van der Waals surface area (Å²) in [5, 5.41) is 2.26. The van der Waals surface area contributed by atoms with Crippen LogP contribution in [0.1, 0.15) is 30.0 Å². The molecule has 31 heavy (non-hydrogen) atoms. The van der Waals surface area contributed by atoms with Crippen molar-refractivity contribution in [2.45, 2.75) is 27.2 Å². The number of carbonyl (C=O) groups excluding carboxylic acids is 3. The van der Waals surface area contributed by atoms with E-state index in [0.717, 1.165) is 26.0 Å². The van der Waals surface area contributed by atoms with Crippen molar-refractivity contribution in [2.75, 3.05) is 18.6 Å². The number of halogens is 1. The standard InChI is InChI=1S/C23H23IN2O5/c1-5-8-31-20-17(24)11-15(12-19(20)30-4)10-16-21(27)25-23(29)26(22(16)28)18-9-13(2)6-7-14(18)3/h6-7,9-12H,5,8H2,1-4H3,(H,25,27,29)/b16-10+. The van der Waals surface area contributed by atoms with Gasteiger partial charge in [-0.15, -0.1) is 0 Å². The molecule has 3 rings (SSSR count). The van der Waals surface area contributed by atoms with Crippen LogP contribution in [0.25, 0.3) is 6.08 Å². The molecule has 0 spiro atoms. The zero-order valence-corrected chi connectivity index (χ0v) is 19.9. The first kappa shape index (κ1) is 22.8. The summed E-state index contributed by atoms with van der Waals surface area (Å²) in [6.45, 7) is 6.22. The molecule has 0 aliphatic carbocycles. The quantitative estimate of drug-likeness (QED) is 0.338. The molecule has 2 aromatic carbocycles. The lowest BCUT2D eigenvalue weighted by Crippen LogP contribution is -2.54. The van der Waals surface area contributed by atoms with Crippen molar-refractivity contribution < 1.29 is 23.9 Å². The van der Waals surface area contributed by atoms with Crippen LogP contribution in [0.4, 0.5) is 10.5 Å². The molecule has 1 fully saturated rings. The zero-order valence-electron chi connectivity index (χ0n) is 17.7. The van der Waals surface area contributed by atoms with E-state index in [2.05, 4.69) is 27.9 Å². The third-order valence-corrected chi connectivity index (χ3v) is 5.52. The third kappa shape index (κ3) is 4.73. The summed E-state index contributed by atoms with van der Waals surface area (Å²) in [5.74, 6) is -0.309. The van der Waals surface area contributed by atoms with Crippen molar-refractivity contribution in [3.05, 3.63) is 56.2 Å². The first-order valence-corrected chi connectivity index (χ1v) is 10.8. The molecule has 7 nitrogen and oxygen atoms in total. The number of nitrogens with one attached hydrogen (secondary N) is 1. The Bertz CT molecular complexity index is 1090. The summed E-state index contributed by atoms with van der Waals surface area (Å²) < 4.78 is 12.0. The fourth-order valence-corrected chi connectivity index (χ4v) is 3.95. The molecule has 8 heteroatoms. The molecule has 0 aromatic heterocycles. The molecule has 4 amide bonds. The maximum atomic E-state index is 13.2. The van der Waals surface area contributed by atoms with E-state index in [1.54, 1.807) is 25.1 Å². The Kier molecular flexibility index (Phi) is 6.99. The Balaban J connectivity index is 2.04. The van der Waals surface area contributed by atoms with Gasteiger partial charge in [-0.25, -0.2) is 9.69 Å². The molecule has 1 saturated heterocycles. The minimum absolute atomic E-state index is 0.138. The highest BCUT2D eigenvalue weighted by molar-refractivity contribution is 14.1. The molecule has 1 aliphatic rings. The topological polar surface area (TPSA) is 84.9 Å². The molecule has 162 valence electrons. The summed E-state index contributed by atoms with van der Waals surface area (Å²) in [4.78, 5) is 39.2. The van der Waals surface area contributed by atoms with Crippen LogP contribution in [0.15, 0.2) is 35.9 Å². The number of hydrogen-bond acceptors (Lipinski definition) is 5. The average molecular weight is 534 g/mol. The number of ether oxygens (including phenoxy) is 2. The average Bonchev–Trinajstić information content (AvgIpc) is 2.72. The summed E-state index contributed by atoms with van der Waals surface area (Å²) in [6, 6.07) is 8.18. The summed E-state index contributed by atoms with van der Waals surface area (Å²) in [7, 11) is 1.53. The van der Waals surface area contributed by atoms with Gasteiger partial charge in [-0.1, -0.05) is 19.1 Å². The largest absolute Gasteiger partial charge is 0.493 e. The molecule has 0 bridgehead atoms. The Labute approximate surface area is 194 Å². The maximum Gasteiger partial charge on any atom is 0.335 e. The van der Waals surface area contributed by atoms with Crippen LogP contribution in [0.3, 0.4) is 0 Å². The Hall–Kier alpha value is -2.88. The highest BCUT2D eigenvalue weighted by Gasteiger charge is 2.37. The zero-order chi connectivity index (χ0) is 22.7. The van der Waals surface area contributed by atoms with Gasteiger partial charge in [-0.3, -0.25) is 14.9 Å². The Morgan fingerprint density at radius 2 is 1.87 bits per heavy atom. The van der Waals surface area contributed by atoms with Crippen molar-refractivity contribution in [3.63, 3.8) is 0 Å². The number of aryl methyl sites for hydroxylation is 2. The monoisotopic (exact) mass is 534 g/mol. The summed E-state index contributed by atoms with van der Waals surface area (Å²) >= 11 is 2.12. The number of urea groups is 1. The van der Waals surface area contributed by atoms with Gasteiger partial charge in [-0.05, 0) is 83.8 Å². The summed E-state index contributed by atoms with van der Waals surface area (Å²) in [6.07, 6.45) is 2.30. The first-order chi connectivity index (χ1) is 14.8. The molecule has 0 saturated carbocycles. The van der Waals surface area contributed by atoms with Crippen LogP contribution in [0, 0.1) is 17.4 Å². The number of barbiturate groups is 1. The number of anilines is 1. The molecule has 0 unspecified atom stereocenters. The van der Waals surface area contributed by atoms with E-state index in [9.17, 15) is 14.4 Å². The fraction of sp³-hybridized carbons (Fsp3) is 0.261. The van der Waals surface area contributed by atoms with Crippen molar-refractivity contribution >= 4 is 52.2 Å². The molecule has 0 atom stereocenters. The molecule has 1 N–H and O–H groups in total. The maximum absolute atomic E-state index is 13.2. The van der Waals surface area contributed by atoms with E-state index in [4.69, 9.17) is 9.47 Å². The summed E-state index contributed by atoms with van der Waals surface area (Å²) in [5.41, 5.74) is 2.53. The highest BCUT2D eigenvalue weighted by atomic mass is 127. The second kappa shape index (κ2) is 9.51. The predicted molar refractivity (Wildman–Crippen MR) is 126 cm³/mol. The smallest absolute Gasteiger partial charge is 0.335 e. The lowest BCUT2D eigenvalue weighted by Gasteiger charge is -2.27. The van der Waals surface area contributed by atoms with Crippen LogP contribution in [0.2, 0.25) is 0 Å². The van der Waals surface area contributed by atoms with E-state index < -0.39 is 17.8 Å². The minimum atomic E-state index is -0.767. The third-order valence-electron chi connectivity index (χ3n) is 4.72. The van der Waals surface area contributed by atoms with Gasteiger partial charge in [-0.2, -0.15) is 0 Å². The second-order valence-corrected chi connectivity index (χ2v) is 8.29. The molecule has 1 aliphatic heterocycles. The lowest BCUT2D eigenvalue weighted by atomic mass is 10.0. The fourth-order valence-electron chi connectivity index (χ4n) is 3.17. The van der Waals surface area contributed by atoms with Crippen molar-refractivity contribution in [2.24, 2.45) is 0 Å². The van der Waals surface area contributed by atoms with Gasteiger partial charge < -0.3 is 9.47 Å². The van der Waals surface area contributed by atoms with E-state index in [1.165, 1.54) is 13.2 Å². The van der Waals surface area contributed by atoms with Crippen LogP contribution in [0.5, 0.6) is 11.5 Å². The van der Waals surface area contributed by atoms with Crippen molar-refractivity contribution in [3.8, 4) is 11.5 Å². The van der Waals surface area contributed by atoms with Crippen LogP contribution >= 0.6 is 22.6 Å². The van der Waals surface area contributed by atoms with Gasteiger partial charge in [0.15, 0.2) is 11.5 Å². The van der Waals surface area contributed by atoms with Gasteiger partial charge in [0.25, 0.3) is 11.8 Å². The van der Waals surface area contributed by atoms with Gasteiger partial charge in [0.05, 0.1) is 23.0 Å². The molecular weight excluding hydrogens is 511 g/mol. The number of imide groups is 2. The first-order valence-electron chi connectivity index (χ1n) is 9.75. The Morgan fingerprint density at radius 1 is 1.13 bits per heavy atom. The van der Waals surface area contributed by atoms with Gasteiger partial charge in [0.2, 0.25) is 0 Å². The van der Waals surface area contributed by atoms with Gasteiger partial charge >= 0.3 is 6.03 Å². The van der Waals surface area contributed by atoms with Crippen LogP contribution < -0.4 is 19.7 Å². The molecule has 0 radical (unpaired) electrons. The van der Waals surface area contributed by atoms with E-state index >= 15 is 0 Å². The van der Waals surface area contributed by atoms with E-state index in [1.807, 2.05) is 26.0 Å². The number of hydrogen-bond donors (Lipinski definition) is 1. The normalized spacial score (nSPS) is 15.3. The minimum Gasteiger partial charge on any atom is -0.493 e. The number of benzene rings is 2. The second-order valence-electron chi connectivity index (χ2n) is 7.13. The lowest BCUT2D eigenvalue weighted by molar-refractivity contribution is -0.122. The van der Waals surface area contributed by atoms with E-state index in [0.29, 0.717) is 29.4 Å². The number of nitrogens with zero attached hydrogens (tertiary/aromatic N) is 1. The van der Waals surface area contributed by atoms with E-state index in [-0.39, 0.29) is 5.57 Å². The van der Waals surface area contributed by atoms with Crippen LogP contribution in [-0.2, 0) is 9.59 Å². The van der Waals surface area contributed by atoms with Crippen LogP contribution in [-0.4, -0.2) is 31.6 Å². The van der Waals surface area contributed by atoms with Crippen molar-refractivity contribution in [1.29, 1.82) is 0 Å². The SMILES string of the molecule is CCCOc1c(I)cc(/C=C2\C(=O)NC(=O)N(c3cc(C)ccc3C)C2=O)cc1OC. The number of methoxy groups -OCH3 is 1. The number of rotatable bonds is 6. The Morgan fingerprint density at radius 3 is 2.55 bits per heavy atom. The molecule has 1 heterocycles. The highest BCUT2D eigenvalue weighted by Crippen LogP contribution is 2.35. The van der Waals surface area contributed by atoms with Gasteiger partial charge in [0, 0.05) is 0 Å². The molecule has 2 aromatic rings.